The Morgan fingerprint density at radius 2 is 0.694 bits per heavy atom. The second-order valence-corrected chi connectivity index (χ2v) is 24.5. The van der Waals surface area contributed by atoms with Gasteiger partial charge in [-0.2, -0.15) is 0 Å². The van der Waals surface area contributed by atoms with Gasteiger partial charge in [-0.3, -0.25) is 9.59 Å². The third-order valence-electron chi connectivity index (χ3n) is 10.7. The second kappa shape index (κ2) is 17.8. The van der Waals surface area contributed by atoms with Gasteiger partial charge in [0.1, 0.15) is 0 Å². The molecule has 2 aliphatic rings. The van der Waals surface area contributed by atoms with Crippen LogP contribution in [-0.2, 0) is 9.59 Å². The number of ketones is 2. The van der Waals surface area contributed by atoms with Gasteiger partial charge in [0, 0.05) is 74.1 Å². The third-order valence-corrected chi connectivity index (χ3v) is 14.4. The van der Waals surface area contributed by atoms with Crippen LogP contribution in [0.1, 0.15) is 114 Å². The molecule has 0 bridgehead atoms. The lowest BCUT2D eigenvalue weighted by atomic mass is 9.71. The Kier molecular flexibility index (Phi) is 14.0. The zero-order valence-corrected chi connectivity index (χ0v) is 43.2. The molecule has 2 aromatic carbocycles. The fourth-order valence-corrected chi connectivity index (χ4v) is 11.5. The van der Waals surface area contributed by atoms with Gasteiger partial charge in [0.15, 0.2) is 11.6 Å². The van der Waals surface area contributed by atoms with Gasteiger partial charge in [-0.1, -0.05) is 153 Å². The number of benzene rings is 2. The van der Waals surface area contributed by atoms with Gasteiger partial charge < -0.3 is 0 Å². The van der Waals surface area contributed by atoms with Crippen molar-refractivity contribution in [3.8, 4) is 0 Å². The highest BCUT2D eigenvalue weighted by atomic mass is 35.5. The summed E-state index contributed by atoms with van der Waals surface area (Å²) >= 11 is 44.0. The van der Waals surface area contributed by atoms with Gasteiger partial charge in [-0.15, -0.1) is 22.7 Å². The number of allylic oxidation sites excluding steroid dienone is 10. The topological polar surface area (TPSA) is 34.1 Å². The van der Waals surface area contributed by atoms with Crippen LogP contribution in [-0.4, -0.2) is 11.6 Å². The molecule has 10 heteroatoms. The minimum atomic E-state index is -0.417. The van der Waals surface area contributed by atoms with E-state index < -0.39 is 21.7 Å². The van der Waals surface area contributed by atoms with Gasteiger partial charge in [-0.25, -0.2) is 0 Å². The van der Waals surface area contributed by atoms with Gasteiger partial charge in [0.05, 0.1) is 20.1 Å². The molecule has 6 rings (SSSR count). The lowest BCUT2D eigenvalue weighted by Gasteiger charge is -2.32. The van der Waals surface area contributed by atoms with Crippen molar-refractivity contribution in [1.29, 1.82) is 0 Å². The highest BCUT2D eigenvalue weighted by Crippen LogP contribution is 2.48. The first-order valence-corrected chi connectivity index (χ1v) is 24.1. The SMILES string of the molecule is CC(C)(C)C1=CC(=C(c2ccc(/C=C/c3ccc(C(=C4C=C(C(C)(C)C)C(=O)C(C(C)(C)C)=C4)c4c(Cl)cc(Cl)cc4Cl)s3)s2)c2c(Cl)cc(Cl)cc2Cl)C=C(C(C)(C)C)C1=O. The van der Waals surface area contributed by atoms with Crippen molar-refractivity contribution in [2.45, 2.75) is 83.1 Å². The molecule has 2 heterocycles. The summed E-state index contributed by atoms with van der Waals surface area (Å²) in [5.41, 5.74) is 5.83. The number of hydrogen-bond acceptors (Lipinski definition) is 4. The molecule has 0 amide bonds. The lowest BCUT2D eigenvalue weighted by Crippen LogP contribution is -2.28. The predicted molar refractivity (Wildman–Crippen MR) is 273 cm³/mol. The summed E-state index contributed by atoms with van der Waals surface area (Å²) in [6.07, 6.45) is 12.1. The van der Waals surface area contributed by atoms with E-state index in [1.807, 2.05) is 24.3 Å². The molecule has 0 spiro atoms. The second-order valence-electron chi connectivity index (χ2n) is 19.8. The minimum Gasteiger partial charge on any atom is -0.289 e. The third kappa shape index (κ3) is 10.3. The first-order chi connectivity index (χ1) is 28.6. The highest BCUT2D eigenvalue weighted by Gasteiger charge is 2.37. The largest absolute Gasteiger partial charge is 0.289 e. The normalized spacial score (nSPS) is 15.6. The van der Waals surface area contributed by atoms with Crippen LogP contribution in [0.25, 0.3) is 23.3 Å². The molecule has 0 N–H and O–H groups in total. The fourth-order valence-electron chi connectivity index (χ4n) is 7.47. The fraction of sp³-hybridized carbons (Fsp3) is 0.308. The van der Waals surface area contributed by atoms with Crippen LogP contribution < -0.4 is 0 Å². The van der Waals surface area contributed by atoms with Gasteiger partial charge in [0.2, 0.25) is 0 Å². The zero-order valence-electron chi connectivity index (χ0n) is 37.0. The maximum Gasteiger partial charge on any atom is 0.186 e. The summed E-state index contributed by atoms with van der Waals surface area (Å²) < 4.78 is 0. The van der Waals surface area contributed by atoms with E-state index in [2.05, 4.69) is 120 Å². The standard InChI is InChI=1S/C52H50Cl6O2S2/c1-49(2,3)33-19-27(20-34(47(33)59)50(4,5)6)43(45-37(55)23-29(53)24-38(45)56)41-17-15-31(61-41)13-14-32-16-18-42(62-32)44(46-39(57)25-30(54)26-40(46)58)28-21-35(51(7,8)9)48(60)36(22-28)52(10,11)12/h13-26H,1-12H3/b14-13+. The van der Waals surface area contributed by atoms with Crippen molar-refractivity contribution in [3.63, 3.8) is 0 Å². The highest BCUT2D eigenvalue weighted by molar-refractivity contribution is 7.15. The van der Waals surface area contributed by atoms with E-state index in [1.54, 1.807) is 46.9 Å². The number of halogens is 6. The molecule has 0 saturated heterocycles. The minimum absolute atomic E-state index is 0.0410. The summed E-state index contributed by atoms with van der Waals surface area (Å²) in [4.78, 5) is 31.8. The van der Waals surface area contributed by atoms with E-state index in [9.17, 15) is 9.59 Å². The molecule has 324 valence electrons. The Morgan fingerprint density at radius 1 is 0.435 bits per heavy atom. The average Bonchev–Trinajstić information content (AvgIpc) is 3.79. The number of Topliss-reactive ketones (excluding diaryl/α,β-unsaturated/α-hetero) is 2. The Hall–Kier alpha value is -2.90. The molecule has 2 aliphatic carbocycles. The summed E-state index contributed by atoms with van der Waals surface area (Å²) in [5, 5.41) is 2.52. The molecular formula is C52H50Cl6O2S2. The van der Waals surface area contributed by atoms with E-state index in [1.165, 1.54) is 0 Å². The number of carbonyl (C=O) groups excluding carboxylic acids is 2. The molecule has 0 fully saturated rings. The van der Waals surface area contributed by atoms with Crippen molar-refractivity contribution < 1.29 is 9.59 Å². The van der Waals surface area contributed by atoms with Crippen LogP contribution in [0.2, 0.25) is 30.1 Å². The monoisotopic (exact) mass is 980 g/mol. The first kappa shape index (κ1) is 48.6. The predicted octanol–water partition coefficient (Wildman–Crippen LogP) is 18.6. The molecule has 0 saturated carbocycles. The van der Waals surface area contributed by atoms with Gasteiger partial charge in [-0.05, 0) is 118 Å². The van der Waals surface area contributed by atoms with Gasteiger partial charge >= 0.3 is 0 Å². The Labute approximate surface area is 405 Å². The van der Waals surface area contributed by atoms with Crippen LogP contribution in [0.5, 0.6) is 0 Å². The Bertz CT molecular complexity index is 2440. The van der Waals surface area contributed by atoms with E-state index in [0.717, 1.165) is 64.1 Å². The summed E-state index contributed by atoms with van der Waals surface area (Å²) in [6.45, 7) is 24.7. The number of hydrogen-bond donors (Lipinski definition) is 0. The molecule has 2 aromatic heterocycles. The van der Waals surface area contributed by atoms with Crippen LogP contribution in [0.15, 0.2) is 106 Å². The quantitative estimate of drug-likeness (QED) is 0.193. The van der Waals surface area contributed by atoms with Crippen molar-refractivity contribution in [2.75, 3.05) is 0 Å². The van der Waals surface area contributed by atoms with E-state index >= 15 is 0 Å². The van der Waals surface area contributed by atoms with Crippen LogP contribution in [0.4, 0.5) is 0 Å². The molecular weight excluding hydrogens is 933 g/mol. The summed E-state index contributed by atoms with van der Waals surface area (Å²) in [7, 11) is 0. The van der Waals surface area contributed by atoms with Gasteiger partial charge in [0.25, 0.3) is 0 Å². The number of carbonyl (C=O) groups is 2. The smallest absolute Gasteiger partial charge is 0.186 e. The van der Waals surface area contributed by atoms with E-state index in [0.29, 0.717) is 41.3 Å². The lowest BCUT2D eigenvalue weighted by molar-refractivity contribution is -0.114. The van der Waals surface area contributed by atoms with Crippen LogP contribution in [0.3, 0.4) is 0 Å². The molecule has 0 radical (unpaired) electrons. The molecule has 2 nitrogen and oxygen atoms in total. The maximum atomic E-state index is 14.0. The molecule has 0 atom stereocenters. The average molecular weight is 984 g/mol. The first-order valence-electron chi connectivity index (χ1n) is 20.2. The Balaban J connectivity index is 1.51. The van der Waals surface area contributed by atoms with Crippen molar-refractivity contribution in [1.82, 2.24) is 0 Å². The number of thiophene rings is 2. The zero-order chi connectivity index (χ0) is 46.0. The summed E-state index contributed by atoms with van der Waals surface area (Å²) in [6, 6.07) is 15.1. The van der Waals surface area contributed by atoms with Crippen LogP contribution in [0, 0.1) is 21.7 Å². The van der Waals surface area contributed by atoms with Crippen LogP contribution >= 0.6 is 92.3 Å². The maximum absolute atomic E-state index is 14.0. The molecule has 0 unspecified atom stereocenters. The molecule has 4 aromatic rings. The van der Waals surface area contributed by atoms with Crippen molar-refractivity contribution in [2.24, 2.45) is 21.7 Å². The van der Waals surface area contributed by atoms with E-state index in [-0.39, 0.29) is 11.6 Å². The Morgan fingerprint density at radius 3 is 0.935 bits per heavy atom. The molecule has 62 heavy (non-hydrogen) atoms. The van der Waals surface area contributed by atoms with Crippen molar-refractivity contribution in [3.05, 3.63) is 167 Å². The number of rotatable bonds is 6. The van der Waals surface area contributed by atoms with Crippen molar-refractivity contribution >= 4 is 127 Å². The van der Waals surface area contributed by atoms with E-state index in [4.69, 9.17) is 69.6 Å². The summed E-state index contributed by atoms with van der Waals surface area (Å²) in [5.74, 6) is 0.0819. The molecule has 0 aliphatic heterocycles.